The lowest BCUT2D eigenvalue weighted by molar-refractivity contribution is 0.213. The Labute approximate surface area is 94.6 Å². The quantitative estimate of drug-likeness (QED) is 0.783. The number of rotatable bonds is 3. The average molecular weight is 245 g/mol. The molecule has 0 aliphatic carbocycles. The minimum atomic E-state index is -3.54. The number of aromatic nitrogens is 2. The minimum Gasteiger partial charge on any atom is -0.395 e. The molecule has 1 aliphatic heterocycles. The second-order valence-corrected chi connectivity index (χ2v) is 5.81. The van der Waals surface area contributed by atoms with E-state index in [1.165, 1.54) is 16.8 Å². The maximum Gasteiger partial charge on any atom is 0.262 e. The summed E-state index contributed by atoms with van der Waals surface area (Å²) in [5, 5.41) is 9.17. The van der Waals surface area contributed by atoms with Gasteiger partial charge in [0.1, 0.15) is 0 Å². The summed E-state index contributed by atoms with van der Waals surface area (Å²) in [6.45, 7) is 0.330. The third-order valence-electron chi connectivity index (χ3n) is 2.79. The Kier molecular flexibility index (Phi) is 3.00. The highest BCUT2D eigenvalue weighted by molar-refractivity contribution is 7.89. The standard InChI is InChI=1S/C9H15N3O3S/c1-11-5-9(10-7-11)16(14,15)12-4-2-3-8(12)6-13/h5,7-8,13H,2-4,6H2,1H3. The Bertz CT molecular complexity index is 468. The number of hydrogen-bond donors (Lipinski definition) is 1. The van der Waals surface area contributed by atoms with E-state index in [4.69, 9.17) is 5.11 Å². The molecule has 1 fully saturated rings. The van der Waals surface area contributed by atoms with Gasteiger partial charge in [0.25, 0.3) is 10.0 Å². The first-order valence-corrected chi connectivity index (χ1v) is 6.60. The van der Waals surface area contributed by atoms with Crippen LogP contribution in [-0.4, -0.2) is 46.6 Å². The van der Waals surface area contributed by atoms with Crippen LogP contribution in [0.1, 0.15) is 12.8 Å². The molecule has 1 unspecified atom stereocenters. The molecule has 0 aromatic carbocycles. The molecule has 1 atom stereocenters. The van der Waals surface area contributed by atoms with E-state index in [0.29, 0.717) is 13.0 Å². The summed E-state index contributed by atoms with van der Waals surface area (Å²) in [6, 6.07) is -0.299. The number of aryl methyl sites for hydroxylation is 1. The Hall–Kier alpha value is -0.920. The number of sulfonamides is 1. The first-order valence-electron chi connectivity index (χ1n) is 5.16. The van der Waals surface area contributed by atoms with E-state index in [9.17, 15) is 8.42 Å². The van der Waals surface area contributed by atoms with E-state index in [-0.39, 0.29) is 17.7 Å². The highest BCUT2D eigenvalue weighted by atomic mass is 32.2. The number of nitrogens with zero attached hydrogens (tertiary/aromatic N) is 3. The zero-order valence-electron chi connectivity index (χ0n) is 9.07. The fourth-order valence-corrected chi connectivity index (χ4v) is 3.60. The van der Waals surface area contributed by atoms with Crippen molar-refractivity contribution >= 4 is 10.0 Å². The molecule has 0 spiro atoms. The molecule has 16 heavy (non-hydrogen) atoms. The lowest BCUT2D eigenvalue weighted by Crippen LogP contribution is -2.37. The van der Waals surface area contributed by atoms with Crippen molar-refractivity contribution in [3.63, 3.8) is 0 Å². The van der Waals surface area contributed by atoms with Crippen molar-refractivity contribution < 1.29 is 13.5 Å². The van der Waals surface area contributed by atoms with Crippen molar-refractivity contribution in [2.75, 3.05) is 13.2 Å². The van der Waals surface area contributed by atoms with E-state index in [1.807, 2.05) is 0 Å². The Morgan fingerprint density at radius 2 is 2.38 bits per heavy atom. The summed E-state index contributed by atoms with van der Waals surface area (Å²) in [4.78, 5) is 3.85. The highest BCUT2D eigenvalue weighted by Crippen LogP contribution is 2.24. The molecule has 7 heteroatoms. The van der Waals surface area contributed by atoms with Crippen LogP contribution in [0.2, 0.25) is 0 Å². The summed E-state index contributed by atoms with van der Waals surface area (Å²) in [7, 11) is -1.82. The van der Waals surface area contributed by atoms with Crippen molar-refractivity contribution in [1.82, 2.24) is 13.9 Å². The van der Waals surface area contributed by atoms with Crippen molar-refractivity contribution in [2.45, 2.75) is 23.9 Å². The maximum absolute atomic E-state index is 12.2. The zero-order valence-corrected chi connectivity index (χ0v) is 9.89. The van der Waals surface area contributed by atoms with Gasteiger partial charge in [0, 0.05) is 25.8 Å². The van der Waals surface area contributed by atoms with Gasteiger partial charge in [-0.2, -0.15) is 4.31 Å². The van der Waals surface area contributed by atoms with Crippen molar-refractivity contribution in [3.05, 3.63) is 12.5 Å². The number of aliphatic hydroxyl groups is 1. The molecule has 1 N–H and O–H groups in total. The maximum atomic E-state index is 12.2. The molecule has 0 amide bonds. The first-order chi connectivity index (χ1) is 7.55. The normalized spacial score (nSPS) is 22.8. The van der Waals surface area contributed by atoms with E-state index in [0.717, 1.165) is 6.42 Å². The molecule has 1 aliphatic rings. The van der Waals surface area contributed by atoms with Crippen molar-refractivity contribution in [3.8, 4) is 0 Å². The highest BCUT2D eigenvalue weighted by Gasteiger charge is 2.35. The molecule has 2 heterocycles. The topological polar surface area (TPSA) is 75.4 Å². The van der Waals surface area contributed by atoms with E-state index in [1.54, 1.807) is 11.6 Å². The van der Waals surface area contributed by atoms with Gasteiger partial charge in [-0.05, 0) is 12.8 Å². The van der Waals surface area contributed by atoms with Gasteiger partial charge in [-0.3, -0.25) is 0 Å². The molecule has 1 aromatic rings. The molecule has 0 bridgehead atoms. The summed E-state index contributed by atoms with van der Waals surface area (Å²) in [5.41, 5.74) is 0. The van der Waals surface area contributed by atoms with Gasteiger partial charge >= 0.3 is 0 Å². The van der Waals surface area contributed by atoms with Crippen LogP contribution in [0.15, 0.2) is 17.6 Å². The van der Waals surface area contributed by atoms with Crippen LogP contribution >= 0.6 is 0 Å². The van der Waals surface area contributed by atoms with Crippen LogP contribution in [0.3, 0.4) is 0 Å². The molecule has 90 valence electrons. The fourth-order valence-electron chi connectivity index (χ4n) is 1.95. The Morgan fingerprint density at radius 3 is 2.94 bits per heavy atom. The third kappa shape index (κ3) is 1.85. The first kappa shape index (κ1) is 11.6. The molecule has 0 saturated carbocycles. The van der Waals surface area contributed by atoms with Gasteiger partial charge in [0.2, 0.25) is 0 Å². The molecule has 1 aromatic heterocycles. The van der Waals surface area contributed by atoms with Crippen LogP contribution in [0, 0.1) is 0 Å². The van der Waals surface area contributed by atoms with Crippen LogP contribution < -0.4 is 0 Å². The van der Waals surface area contributed by atoms with E-state index < -0.39 is 10.0 Å². The summed E-state index contributed by atoms with van der Waals surface area (Å²) in [5.74, 6) is 0. The van der Waals surface area contributed by atoms with E-state index in [2.05, 4.69) is 4.98 Å². The molecular weight excluding hydrogens is 230 g/mol. The smallest absolute Gasteiger partial charge is 0.262 e. The molecular formula is C9H15N3O3S. The lowest BCUT2D eigenvalue weighted by atomic mass is 10.2. The van der Waals surface area contributed by atoms with Gasteiger partial charge in [0.15, 0.2) is 5.03 Å². The Balaban J connectivity index is 2.32. The summed E-state index contributed by atoms with van der Waals surface area (Å²) < 4.78 is 27.2. The molecule has 1 saturated heterocycles. The predicted molar refractivity (Wildman–Crippen MR) is 57.2 cm³/mol. The fraction of sp³-hybridized carbons (Fsp3) is 0.667. The third-order valence-corrected chi connectivity index (χ3v) is 4.63. The van der Waals surface area contributed by atoms with Crippen molar-refractivity contribution in [1.29, 1.82) is 0 Å². The zero-order chi connectivity index (χ0) is 11.8. The number of imidazole rings is 1. The van der Waals surface area contributed by atoms with E-state index >= 15 is 0 Å². The van der Waals surface area contributed by atoms with Crippen LogP contribution in [0.25, 0.3) is 0 Å². The largest absolute Gasteiger partial charge is 0.395 e. The van der Waals surface area contributed by atoms with Crippen LogP contribution in [-0.2, 0) is 17.1 Å². The van der Waals surface area contributed by atoms with Gasteiger partial charge in [-0.15, -0.1) is 0 Å². The van der Waals surface area contributed by atoms with Crippen LogP contribution in [0.5, 0.6) is 0 Å². The predicted octanol–water partition coefficient (Wildman–Crippen LogP) is -0.435. The summed E-state index contributed by atoms with van der Waals surface area (Å²) in [6.07, 6.45) is 4.43. The van der Waals surface area contributed by atoms with Gasteiger partial charge < -0.3 is 9.67 Å². The van der Waals surface area contributed by atoms with Gasteiger partial charge in [-0.25, -0.2) is 13.4 Å². The lowest BCUT2D eigenvalue weighted by Gasteiger charge is -2.20. The minimum absolute atomic E-state index is 0.0513. The number of hydrogen-bond acceptors (Lipinski definition) is 4. The number of aliphatic hydroxyl groups excluding tert-OH is 1. The summed E-state index contributed by atoms with van der Waals surface area (Å²) >= 11 is 0. The Morgan fingerprint density at radius 1 is 1.62 bits per heavy atom. The molecule has 0 radical (unpaired) electrons. The molecule has 6 nitrogen and oxygen atoms in total. The monoisotopic (exact) mass is 245 g/mol. The van der Waals surface area contributed by atoms with Gasteiger partial charge in [-0.1, -0.05) is 0 Å². The van der Waals surface area contributed by atoms with Gasteiger partial charge in [0.05, 0.1) is 12.9 Å². The molecule has 2 rings (SSSR count). The average Bonchev–Trinajstić information content (AvgIpc) is 2.85. The van der Waals surface area contributed by atoms with Crippen LogP contribution in [0.4, 0.5) is 0 Å². The SMILES string of the molecule is Cn1cnc(S(=O)(=O)N2CCCC2CO)c1. The van der Waals surface area contributed by atoms with Crippen molar-refractivity contribution in [2.24, 2.45) is 7.05 Å². The second kappa shape index (κ2) is 4.15. The second-order valence-electron chi connectivity index (χ2n) is 3.97.